The molecule has 4 nitrogen and oxygen atoms in total. The summed E-state index contributed by atoms with van der Waals surface area (Å²) in [5.74, 6) is 0.0688. The maximum absolute atomic E-state index is 11.7. The van der Waals surface area contributed by atoms with E-state index < -0.39 is 0 Å². The van der Waals surface area contributed by atoms with Crippen molar-refractivity contribution >= 4 is 11.6 Å². The summed E-state index contributed by atoms with van der Waals surface area (Å²) < 4.78 is 0. The van der Waals surface area contributed by atoms with Gasteiger partial charge in [0.15, 0.2) is 0 Å². The molecule has 1 heterocycles. The topological polar surface area (TPSA) is 62.2 Å². The van der Waals surface area contributed by atoms with Crippen LogP contribution < -0.4 is 5.32 Å². The van der Waals surface area contributed by atoms with Crippen LogP contribution in [0.5, 0.6) is 5.75 Å². The maximum Gasteiger partial charge on any atom is 0.224 e. The molecule has 1 amide bonds. The molecule has 0 saturated carbocycles. The quantitative estimate of drug-likeness (QED) is 0.865. The van der Waals surface area contributed by atoms with Gasteiger partial charge in [-0.05, 0) is 36.2 Å². The molecular weight excluding hydrogens is 228 g/mol. The number of hydrogen-bond donors (Lipinski definition) is 2. The lowest BCUT2D eigenvalue weighted by molar-refractivity contribution is -0.116. The van der Waals surface area contributed by atoms with E-state index >= 15 is 0 Å². The van der Waals surface area contributed by atoms with Crippen LogP contribution in [-0.4, -0.2) is 16.0 Å². The lowest BCUT2D eigenvalue weighted by Gasteiger charge is -2.05. The monoisotopic (exact) mass is 242 g/mol. The summed E-state index contributed by atoms with van der Waals surface area (Å²) in [6.45, 7) is 0. The number of pyridine rings is 1. The third-order valence-corrected chi connectivity index (χ3v) is 2.52. The van der Waals surface area contributed by atoms with Crippen molar-refractivity contribution in [3.8, 4) is 5.75 Å². The van der Waals surface area contributed by atoms with E-state index in [-0.39, 0.29) is 11.7 Å². The van der Waals surface area contributed by atoms with Gasteiger partial charge >= 0.3 is 0 Å². The molecule has 2 rings (SSSR count). The Hall–Kier alpha value is -2.36. The van der Waals surface area contributed by atoms with Crippen LogP contribution >= 0.6 is 0 Å². The third-order valence-electron chi connectivity index (χ3n) is 2.52. The van der Waals surface area contributed by atoms with Crippen LogP contribution in [0.1, 0.15) is 12.0 Å². The Morgan fingerprint density at radius 2 is 2.00 bits per heavy atom. The number of amides is 1. The summed E-state index contributed by atoms with van der Waals surface area (Å²) in [5, 5.41) is 12.0. The van der Waals surface area contributed by atoms with Crippen LogP contribution in [0.15, 0.2) is 48.8 Å². The normalized spacial score (nSPS) is 10.0. The zero-order chi connectivity index (χ0) is 12.8. The molecule has 0 aliphatic carbocycles. The largest absolute Gasteiger partial charge is 0.508 e. The van der Waals surface area contributed by atoms with Crippen molar-refractivity contribution in [1.82, 2.24) is 4.98 Å². The zero-order valence-corrected chi connectivity index (χ0v) is 9.84. The van der Waals surface area contributed by atoms with Gasteiger partial charge in [0.05, 0.1) is 0 Å². The van der Waals surface area contributed by atoms with Gasteiger partial charge in [-0.1, -0.05) is 6.07 Å². The van der Waals surface area contributed by atoms with Crippen molar-refractivity contribution in [3.63, 3.8) is 0 Å². The van der Waals surface area contributed by atoms with E-state index in [1.165, 1.54) is 6.07 Å². The zero-order valence-electron chi connectivity index (χ0n) is 9.84. The van der Waals surface area contributed by atoms with Crippen molar-refractivity contribution in [2.75, 3.05) is 5.32 Å². The van der Waals surface area contributed by atoms with Crippen molar-refractivity contribution < 1.29 is 9.90 Å². The van der Waals surface area contributed by atoms with E-state index in [2.05, 4.69) is 10.3 Å². The highest BCUT2D eigenvalue weighted by Gasteiger charge is 2.03. The van der Waals surface area contributed by atoms with Gasteiger partial charge in [-0.3, -0.25) is 9.78 Å². The predicted octanol–water partition coefficient (Wildman–Crippen LogP) is 2.36. The minimum Gasteiger partial charge on any atom is -0.508 e. The number of carbonyl (C=O) groups excluding carboxylic acids is 1. The molecule has 0 bridgehead atoms. The Morgan fingerprint density at radius 1 is 1.22 bits per heavy atom. The van der Waals surface area contributed by atoms with E-state index in [4.69, 9.17) is 0 Å². The average Bonchev–Trinajstić information content (AvgIpc) is 2.38. The van der Waals surface area contributed by atoms with Crippen LogP contribution in [-0.2, 0) is 11.2 Å². The first-order chi connectivity index (χ1) is 8.74. The number of aromatic hydroxyl groups is 1. The molecule has 0 spiro atoms. The Bertz CT molecular complexity index is 526. The summed E-state index contributed by atoms with van der Waals surface area (Å²) >= 11 is 0. The van der Waals surface area contributed by atoms with Gasteiger partial charge in [0.25, 0.3) is 0 Å². The fourth-order valence-corrected chi connectivity index (χ4v) is 1.61. The Morgan fingerprint density at radius 3 is 2.72 bits per heavy atom. The molecule has 0 atom stereocenters. The maximum atomic E-state index is 11.7. The molecule has 1 aromatic carbocycles. The molecule has 0 unspecified atom stereocenters. The molecule has 92 valence electrons. The van der Waals surface area contributed by atoms with Gasteiger partial charge in [0.2, 0.25) is 5.91 Å². The smallest absolute Gasteiger partial charge is 0.224 e. The third kappa shape index (κ3) is 3.59. The van der Waals surface area contributed by atoms with Crippen molar-refractivity contribution in [2.24, 2.45) is 0 Å². The number of anilines is 1. The summed E-state index contributed by atoms with van der Waals surface area (Å²) in [7, 11) is 0. The van der Waals surface area contributed by atoms with Crippen LogP contribution in [0.25, 0.3) is 0 Å². The number of benzene rings is 1. The number of rotatable bonds is 4. The number of phenols is 1. The second kappa shape index (κ2) is 5.82. The van der Waals surface area contributed by atoms with Gasteiger partial charge < -0.3 is 10.4 Å². The van der Waals surface area contributed by atoms with E-state index in [0.29, 0.717) is 18.5 Å². The number of hydrogen-bond acceptors (Lipinski definition) is 3. The predicted molar refractivity (Wildman–Crippen MR) is 69.3 cm³/mol. The van der Waals surface area contributed by atoms with Crippen molar-refractivity contribution in [1.29, 1.82) is 0 Å². The molecule has 1 aromatic heterocycles. The first kappa shape index (κ1) is 12.1. The highest BCUT2D eigenvalue weighted by molar-refractivity contribution is 5.90. The fourth-order valence-electron chi connectivity index (χ4n) is 1.61. The van der Waals surface area contributed by atoms with E-state index in [9.17, 15) is 9.90 Å². The second-order valence-corrected chi connectivity index (χ2v) is 3.95. The highest BCUT2D eigenvalue weighted by atomic mass is 16.3. The van der Waals surface area contributed by atoms with E-state index in [1.54, 1.807) is 30.6 Å². The number of nitrogens with one attached hydrogen (secondary N) is 1. The second-order valence-electron chi connectivity index (χ2n) is 3.95. The number of nitrogens with zero attached hydrogens (tertiary/aromatic N) is 1. The molecule has 2 aromatic rings. The standard InChI is InChI=1S/C14H14N2O2/c17-13-3-1-2-12(10-13)16-14(18)5-4-11-6-8-15-9-7-11/h1-3,6-10,17H,4-5H2,(H,16,18). The summed E-state index contributed by atoms with van der Waals surface area (Å²) in [5.41, 5.74) is 1.69. The highest BCUT2D eigenvalue weighted by Crippen LogP contribution is 2.15. The van der Waals surface area contributed by atoms with Gasteiger partial charge in [0.1, 0.15) is 5.75 Å². The molecule has 18 heavy (non-hydrogen) atoms. The number of aromatic nitrogens is 1. The van der Waals surface area contributed by atoms with Crippen LogP contribution in [0.3, 0.4) is 0 Å². The van der Waals surface area contributed by atoms with Gasteiger partial charge in [-0.2, -0.15) is 0 Å². The lowest BCUT2D eigenvalue weighted by Crippen LogP contribution is -2.12. The molecular formula is C14H14N2O2. The first-order valence-corrected chi connectivity index (χ1v) is 5.72. The number of phenolic OH excluding ortho intramolecular Hbond substituents is 1. The summed E-state index contributed by atoms with van der Waals surface area (Å²) in [4.78, 5) is 15.6. The molecule has 0 aliphatic heterocycles. The minimum absolute atomic E-state index is 0.0718. The van der Waals surface area contributed by atoms with E-state index in [0.717, 1.165) is 5.56 Å². The van der Waals surface area contributed by atoms with Gasteiger partial charge in [-0.15, -0.1) is 0 Å². The lowest BCUT2D eigenvalue weighted by atomic mass is 10.1. The van der Waals surface area contributed by atoms with Crippen molar-refractivity contribution in [2.45, 2.75) is 12.8 Å². The SMILES string of the molecule is O=C(CCc1ccncc1)Nc1cccc(O)c1. The Balaban J connectivity index is 1.86. The van der Waals surface area contributed by atoms with Crippen molar-refractivity contribution in [3.05, 3.63) is 54.4 Å². The molecule has 0 fully saturated rings. The molecule has 4 heteroatoms. The van der Waals surface area contributed by atoms with Crippen LogP contribution in [0.2, 0.25) is 0 Å². The van der Waals surface area contributed by atoms with E-state index in [1.807, 2.05) is 12.1 Å². The Labute approximate surface area is 105 Å². The summed E-state index contributed by atoms with van der Waals surface area (Å²) in [6, 6.07) is 10.3. The van der Waals surface area contributed by atoms with Gasteiger partial charge in [0, 0.05) is 30.6 Å². The molecule has 2 N–H and O–H groups in total. The Kier molecular flexibility index (Phi) is 3.91. The summed E-state index contributed by atoms with van der Waals surface area (Å²) in [6.07, 6.45) is 4.50. The molecule has 0 saturated heterocycles. The number of carbonyl (C=O) groups is 1. The minimum atomic E-state index is -0.0718. The molecule has 0 radical (unpaired) electrons. The fraction of sp³-hybridized carbons (Fsp3) is 0.143. The number of aryl methyl sites for hydroxylation is 1. The van der Waals surface area contributed by atoms with Crippen LogP contribution in [0.4, 0.5) is 5.69 Å². The van der Waals surface area contributed by atoms with Crippen LogP contribution in [0, 0.1) is 0 Å². The average molecular weight is 242 g/mol. The molecule has 0 aliphatic rings. The first-order valence-electron chi connectivity index (χ1n) is 5.72. The van der Waals surface area contributed by atoms with Gasteiger partial charge in [-0.25, -0.2) is 0 Å².